The second kappa shape index (κ2) is 5.23. The van der Waals surface area contributed by atoms with Crippen molar-refractivity contribution in [2.45, 2.75) is 31.4 Å². The normalized spacial score (nSPS) is 20.8. The van der Waals surface area contributed by atoms with E-state index in [1.54, 1.807) is 0 Å². The van der Waals surface area contributed by atoms with Crippen LogP contribution in [0.15, 0.2) is 18.2 Å². The number of Topliss-reactive ketones (excluding diaryl/α,β-unsaturated/α-hetero) is 1. The first-order chi connectivity index (χ1) is 8.11. The van der Waals surface area contributed by atoms with Crippen molar-refractivity contribution in [1.82, 2.24) is 0 Å². The highest BCUT2D eigenvalue weighted by Gasteiger charge is 2.24. The minimum Gasteiger partial charge on any atom is -0.389 e. The van der Waals surface area contributed by atoms with Crippen LogP contribution in [0.5, 0.6) is 0 Å². The quantitative estimate of drug-likeness (QED) is 0.808. The monoisotopic (exact) mass is 250 g/mol. The van der Waals surface area contributed by atoms with Gasteiger partial charge in [-0.1, -0.05) is 18.2 Å². The fourth-order valence-electron chi connectivity index (χ4n) is 2.44. The van der Waals surface area contributed by atoms with Crippen molar-refractivity contribution < 1.29 is 9.90 Å². The van der Waals surface area contributed by atoms with Gasteiger partial charge in [-0.2, -0.15) is 12.6 Å². The van der Waals surface area contributed by atoms with Gasteiger partial charge in [0.25, 0.3) is 0 Å². The van der Waals surface area contributed by atoms with E-state index in [0.29, 0.717) is 0 Å². The number of hydrogen-bond acceptors (Lipinski definition) is 3. The summed E-state index contributed by atoms with van der Waals surface area (Å²) in [6.45, 7) is 1.71. The lowest BCUT2D eigenvalue weighted by atomic mass is 9.81. The standard InChI is InChI=1S/C14H18O2S/c1-9(17)11-4-2-10-3-5-12(14(16)8-15)7-13(10)6-11/h2,4,6,9,12,15,17H,3,5,7-8H2,1H3. The van der Waals surface area contributed by atoms with Gasteiger partial charge in [0.05, 0.1) is 0 Å². The smallest absolute Gasteiger partial charge is 0.161 e. The third-order valence-electron chi connectivity index (χ3n) is 3.55. The van der Waals surface area contributed by atoms with Gasteiger partial charge in [0.15, 0.2) is 5.78 Å². The molecular weight excluding hydrogens is 232 g/mol. The summed E-state index contributed by atoms with van der Waals surface area (Å²) in [6.07, 6.45) is 2.57. The number of ketones is 1. The number of aliphatic hydroxyl groups is 1. The van der Waals surface area contributed by atoms with E-state index in [9.17, 15) is 4.79 Å². The predicted octanol–water partition coefficient (Wildman–Crippen LogP) is 2.34. The molecule has 0 radical (unpaired) electrons. The molecule has 0 aromatic heterocycles. The summed E-state index contributed by atoms with van der Waals surface area (Å²) in [5.74, 6) is -0.0297. The zero-order valence-corrected chi connectivity index (χ0v) is 10.9. The van der Waals surface area contributed by atoms with E-state index in [2.05, 4.69) is 30.8 Å². The molecule has 3 heteroatoms. The number of carbonyl (C=O) groups is 1. The van der Waals surface area contributed by atoms with Crippen LogP contribution in [0.1, 0.15) is 35.3 Å². The average Bonchev–Trinajstić information content (AvgIpc) is 2.36. The molecule has 0 bridgehead atoms. The van der Waals surface area contributed by atoms with E-state index in [0.717, 1.165) is 19.3 Å². The Hall–Kier alpha value is -0.800. The van der Waals surface area contributed by atoms with Crippen LogP contribution in [0.2, 0.25) is 0 Å². The molecule has 0 saturated carbocycles. The molecule has 92 valence electrons. The summed E-state index contributed by atoms with van der Waals surface area (Å²) in [5, 5.41) is 9.13. The maximum atomic E-state index is 11.5. The van der Waals surface area contributed by atoms with Crippen LogP contribution in [-0.2, 0) is 17.6 Å². The molecule has 2 atom stereocenters. The molecule has 0 spiro atoms. The lowest BCUT2D eigenvalue weighted by Gasteiger charge is -2.24. The first-order valence-corrected chi connectivity index (χ1v) is 6.56. The molecule has 0 heterocycles. The van der Waals surface area contributed by atoms with Crippen LogP contribution < -0.4 is 0 Å². The molecule has 2 nitrogen and oxygen atoms in total. The Labute approximate surface area is 107 Å². The fourth-order valence-corrected chi connectivity index (χ4v) is 2.60. The Balaban J connectivity index is 2.23. The molecule has 1 aliphatic rings. The van der Waals surface area contributed by atoms with E-state index in [4.69, 9.17) is 5.11 Å². The zero-order chi connectivity index (χ0) is 12.4. The molecule has 1 aromatic rings. The number of aliphatic hydroxyl groups excluding tert-OH is 1. The highest BCUT2D eigenvalue weighted by Crippen LogP contribution is 2.29. The summed E-state index contributed by atoms with van der Waals surface area (Å²) >= 11 is 4.43. The van der Waals surface area contributed by atoms with Crippen molar-refractivity contribution in [3.05, 3.63) is 34.9 Å². The van der Waals surface area contributed by atoms with Crippen LogP contribution in [0, 0.1) is 5.92 Å². The van der Waals surface area contributed by atoms with Gasteiger partial charge in [0.1, 0.15) is 6.61 Å². The molecule has 17 heavy (non-hydrogen) atoms. The highest BCUT2D eigenvalue weighted by atomic mass is 32.1. The van der Waals surface area contributed by atoms with Crippen molar-refractivity contribution in [2.24, 2.45) is 5.92 Å². The number of rotatable bonds is 3. The zero-order valence-electron chi connectivity index (χ0n) is 10.0. The number of carbonyl (C=O) groups excluding carboxylic acids is 1. The lowest BCUT2D eigenvalue weighted by Crippen LogP contribution is -2.25. The Morgan fingerprint density at radius 1 is 1.53 bits per heavy atom. The van der Waals surface area contributed by atoms with E-state index in [1.165, 1.54) is 16.7 Å². The summed E-state index contributed by atoms with van der Waals surface area (Å²) in [6, 6.07) is 6.42. The number of fused-ring (bicyclic) bond motifs is 1. The topological polar surface area (TPSA) is 37.3 Å². The van der Waals surface area contributed by atoms with E-state index >= 15 is 0 Å². The second-order valence-electron chi connectivity index (χ2n) is 4.77. The van der Waals surface area contributed by atoms with Crippen LogP contribution in [-0.4, -0.2) is 17.5 Å². The van der Waals surface area contributed by atoms with E-state index in [-0.39, 0.29) is 23.6 Å². The van der Waals surface area contributed by atoms with Crippen molar-refractivity contribution in [1.29, 1.82) is 0 Å². The van der Waals surface area contributed by atoms with Gasteiger partial charge >= 0.3 is 0 Å². The average molecular weight is 250 g/mol. The van der Waals surface area contributed by atoms with Gasteiger partial charge in [-0.05, 0) is 42.9 Å². The SMILES string of the molecule is CC(S)c1ccc2c(c1)CC(C(=O)CO)CC2. The Morgan fingerprint density at radius 3 is 2.94 bits per heavy atom. The van der Waals surface area contributed by atoms with E-state index < -0.39 is 0 Å². The van der Waals surface area contributed by atoms with Crippen LogP contribution >= 0.6 is 12.6 Å². The summed E-state index contributed by atoms with van der Waals surface area (Å²) in [4.78, 5) is 11.5. The largest absolute Gasteiger partial charge is 0.389 e. The van der Waals surface area contributed by atoms with Gasteiger partial charge in [-0.3, -0.25) is 4.79 Å². The van der Waals surface area contributed by atoms with Gasteiger partial charge in [0.2, 0.25) is 0 Å². The van der Waals surface area contributed by atoms with Crippen molar-refractivity contribution in [3.8, 4) is 0 Å². The van der Waals surface area contributed by atoms with Gasteiger partial charge in [-0.15, -0.1) is 0 Å². The van der Waals surface area contributed by atoms with Gasteiger partial charge < -0.3 is 5.11 Å². The van der Waals surface area contributed by atoms with Gasteiger partial charge in [0, 0.05) is 11.2 Å². The maximum Gasteiger partial charge on any atom is 0.161 e. The van der Waals surface area contributed by atoms with Crippen LogP contribution in [0.3, 0.4) is 0 Å². The number of benzene rings is 1. The molecular formula is C14H18O2S. The highest BCUT2D eigenvalue weighted by molar-refractivity contribution is 7.80. The molecule has 1 N–H and O–H groups in total. The minimum atomic E-state index is -0.331. The molecule has 1 aliphatic carbocycles. The lowest BCUT2D eigenvalue weighted by molar-refractivity contribution is -0.125. The second-order valence-corrected chi connectivity index (χ2v) is 5.54. The first-order valence-electron chi connectivity index (χ1n) is 6.05. The predicted molar refractivity (Wildman–Crippen MR) is 71.5 cm³/mol. The van der Waals surface area contributed by atoms with Crippen LogP contribution in [0.25, 0.3) is 0 Å². The summed E-state index contributed by atoms with van der Waals surface area (Å²) < 4.78 is 0. The molecule has 2 rings (SSSR count). The molecule has 1 aromatic carbocycles. The fraction of sp³-hybridized carbons (Fsp3) is 0.500. The number of aryl methyl sites for hydroxylation is 1. The summed E-state index contributed by atoms with van der Waals surface area (Å²) in [5.41, 5.74) is 3.79. The Bertz CT molecular complexity index is 426. The number of thiol groups is 1. The van der Waals surface area contributed by atoms with Crippen LogP contribution in [0.4, 0.5) is 0 Å². The van der Waals surface area contributed by atoms with Crippen molar-refractivity contribution in [3.63, 3.8) is 0 Å². The third kappa shape index (κ3) is 2.72. The Kier molecular flexibility index (Phi) is 3.89. The molecule has 0 aliphatic heterocycles. The molecule has 0 saturated heterocycles. The Morgan fingerprint density at radius 2 is 2.29 bits per heavy atom. The van der Waals surface area contributed by atoms with Gasteiger partial charge in [-0.25, -0.2) is 0 Å². The third-order valence-corrected chi connectivity index (χ3v) is 3.85. The van der Waals surface area contributed by atoms with Crippen molar-refractivity contribution >= 4 is 18.4 Å². The minimum absolute atomic E-state index is 0.00188. The van der Waals surface area contributed by atoms with Crippen molar-refractivity contribution in [2.75, 3.05) is 6.61 Å². The number of hydrogen-bond donors (Lipinski definition) is 2. The summed E-state index contributed by atoms with van der Waals surface area (Å²) in [7, 11) is 0. The first kappa shape index (κ1) is 12.7. The molecule has 0 fully saturated rings. The molecule has 0 amide bonds. The maximum absolute atomic E-state index is 11.5. The van der Waals surface area contributed by atoms with E-state index in [1.807, 2.05) is 6.92 Å². The molecule has 2 unspecified atom stereocenters.